The molecule has 0 aliphatic heterocycles. The third-order valence-corrected chi connectivity index (χ3v) is 7.37. The molecule has 0 unspecified atom stereocenters. The summed E-state index contributed by atoms with van der Waals surface area (Å²) in [5.41, 5.74) is 1.05. The van der Waals surface area contributed by atoms with Gasteiger partial charge in [0.05, 0.1) is 10.7 Å². The van der Waals surface area contributed by atoms with Gasteiger partial charge in [0.15, 0.2) is 11.5 Å². The zero-order chi connectivity index (χ0) is 16.2. The molecule has 0 saturated heterocycles. The molecule has 1 aromatic carbocycles. The lowest BCUT2D eigenvalue weighted by Gasteiger charge is -2.59. The molecule has 0 N–H and O–H groups in total. The first-order valence-corrected chi connectivity index (χ1v) is 9.80. The summed E-state index contributed by atoms with van der Waals surface area (Å²) in [4.78, 5) is 0. The largest absolute Gasteiger partial charge is 0.493 e. The second-order valence-corrected chi connectivity index (χ2v) is 8.99. The lowest BCUT2D eigenvalue weighted by molar-refractivity contribution is -0.146. The average Bonchev–Trinajstić information content (AvgIpc) is 2.53. The van der Waals surface area contributed by atoms with Gasteiger partial charge < -0.3 is 9.47 Å². The molecule has 1 aromatic rings. The molecule has 4 aliphatic rings. The minimum absolute atomic E-state index is 0.0314. The molecule has 0 spiro atoms. The molecule has 0 aromatic heterocycles. The van der Waals surface area contributed by atoms with Gasteiger partial charge in [-0.2, -0.15) is 0 Å². The standard InChI is InChI=1S/C20H25IO2/c1-4-12-10-17(21)19(18(11-12)22-3)23-20(2)15-6-13-5-14(8-15)9-16(20)7-13/h4,10-11,13-16H,1,5-9H2,2-3H3. The lowest BCUT2D eigenvalue weighted by atomic mass is 9.50. The Hall–Kier alpha value is -0.710. The monoisotopic (exact) mass is 424 g/mol. The van der Waals surface area contributed by atoms with Crippen molar-refractivity contribution < 1.29 is 9.47 Å². The summed E-state index contributed by atoms with van der Waals surface area (Å²) in [7, 11) is 1.73. The smallest absolute Gasteiger partial charge is 0.175 e. The van der Waals surface area contributed by atoms with Gasteiger partial charge >= 0.3 is 0 Å². The molecule has 4 aliphatic carbocycles. The van der Waals surface area contributed by atoms with E-state index in [4.69, 9.17) is 9.47 Å². The van der Waals surface area contributed by atoms with Gasteiger partial charge in [-0.25, -0.2) is 0 Å². The van der Waals surface area contributed by atoms with Crippen LogP contribution in [-0.2, 0) is 0 Å². The highest BCUT2D eigenvalue weighted by molar-refractivity contribution is 14.1. The molecule has 3 heteroatoms. The molecule has 5 rings (SSSR count). The molecule has 4 fully saturated rings. The van der Waals surface area contributed by atoms with Crippen LogP contribution in [0.5, 0.6) is 11.5 Å². The minimum Gasteiger partial charge on any atom is -0.493 e. The first kappa shape index (κ1) is 15.8. The van der Waals surface area contributed by atoms with Crippen molar-refractivity contribution in [3.8, 4) is 11.5 Å². The van der Waals surface area contributed by atoms with Crippen LogP contribution in [0, 0.1) is 27.2 Å². The first-order chi connectivity index (χ1) is 11.0. The van der Waals surface area contributed by atoms with Crippen molar-refractivity contribution in [3.63, 3.8) is 0 Å². The van der Waals surface area contributed by atoms with Crippen molar-refractivity contribution in [1.29, 1.82) is 0 Å². The van der Waals surface area contributed by atoms with Crippen molar-refractivity contribution >= 4 is 28.7 Å². The summed E-state index contributed by atoms with van der Waals surface area (Å²) < 4.78 is 13.5. The molecule has 23 heavy (non-hydrogen) atoms. The predicted octanol–water partition coefficient (Wildman–Crippen LogP) is 5.54. The Morgan fingerprint density at radius 2 is 1.74 bits per heavy atom. The van der Waals surface area contributed by atoms with E-state index in [1.165, 1.54) is 32.1 Å². The van der Waals surface area contributed by atoms with Gasteiger partial charge in [-0.05, 0) is 103 Å². The SMILES string of the molecule is C=Cc1cc(I)c(OC2(C)C3CC4CC(C3)CC2C4)c(OC)c1. The number of methoxy groups -OCH3 is 1. The van der Waals surface area contributed by atoms with Crippen molar-refractivity contribution in [1.82, 2.24) is 0 Å². The van der Waals surface area contributed by atoms with Crippen LogP contribution >= 0.6 is 22.6 Å². The Labute approximate surface area is 152 Å². The Morgan fingerprint density at radius 3 is 2.26 bits per heavy atom. The molecular formula is C20H25IO2. The van der Waals surface area contributed by atoms with Crippen LogP contribution in [0.25, 0.3) is 6.08 Å². The molecular weight excluding hydrogens is 399 g/mol. The maximum Gasteiger partial charge on any atom is 0.175 e. The maximum absolute atomic E-state index is 6.76. The minimum atomic E-state index is -0.0314. The fraction of sp³-hybridized carbons (Fsp3) is 0.600. The number of hydrogen-bond acceptors (Lipinski definition) is 2. The normalized spacial score (nSPS) is 37.7. The molecule has 2 nitrogen and oxygen atoms in total. The van der Waals surface area contributed by atoms with Gasteiger partial charge in [-0.1, -0.05) is 12.7 Å². The quantitative estimate of drug-likeness (QED) is 0.592. The van der Waals surface area contributed by atoms with E-state index >= 15 is 0 Å². The Bertz CT molecular complexity index is 609. The fourth-order valence-corrected chi connectivity index (χ4v) is 6.20. The highest BCUT2D eigenvalue weighted by atomic mass is 127. The molecule has 0 atom stereocenters. The number of hydrogen-bond donors (Lipinski definition) is 0. The first-order valence-electron chi connectivity index (χ1n) is 8.72. The number of ether oxygens (including phenoxy) is 2. The van der Waals surface area contributed by atoms with Crippen molar-refractivity contribution in [2.24, 2.45) is 23.7 Å². The van der Waals surface area contributed by atoms with Crippen LogP contribution in [-0.4, -0.2) is 12.7 Å². The van der Waals surface area contributed by atoms with E-state index in [0.717, 1.165) is 32.5 Å². The van der Waals surface area contributed by atoms with Gasteiger partial charge in [0.25, 0.3) is 0 Å². The van der Waals surface area contributed by atoms with E-state index in [1.807, 2.05) is 12.1 Å². The van der Waals surface area contributed by atoms with Crippen LogP contribution < -0.4 is 9.47 Å². The van der Waals surface area contributed by atoms with Crippen LogP contribution in [0.3, 0.4) is 0 Å². The van der Waals surface area contributed by atoms with Crippen molar-refractivity contribution in [2.45, 2.75) is 44.6 Å². The van der Waals surface area contributed by atoms with Gasteiger partial charge in [-0.15, -0.1) is 0 Å². The average molecular weight is 424 g/mol. The van der Waals surface area contributed by atoms with Gasteiger partial charge in [0, 0.05) is 0 Å². The van der Waals surface area contributed by atoms with Crippen LogP contribution in [0.15, 0.2) is 18.7 Å². The highest BCUT2D eigenvalue weighted by Crippen LogP contribution is 2.60. The van der Waals surface area contributed by atoms with E-state index in [-0.39, 0.29) is 5.60 Å². The fourth-order valence-electron chi connectivity index (χ4n) is 5.46. The van der Waals surface area contributed by atoms with Crippen LogP contribution in [0.4, 0.5) is 0 Å². The van der Waals surface area contributed by atoms with Gasteiger partial charge in [0.2, 0.25) is 0 Å². The summed E-state index contributed by atoms with van der Waals surface area (Å²) in [6, 6.07) is 4.16. The van der Waals surface area contributed by atoms with E-state index in [2.05, 4.69) is 42.2 Å². The summed E-state index contributed by atoms with van der Waals surface area (Å²) in [6.07, 6.45) is 8.75. The molecule has 0 amide bonds. The second kappa shape index (κ2) is 5.68. The van der Waals surface area contributed by atoms with Gasteiger partial charge in [0.1, 0.15) is 5.60 Å². The van der Waals surface area contributed by atoms with E-state index < -0.39 is 0 Å². The van der Waals surface area contributed by atoms with Crippen LogP contribution in [0.2, 0.25) is 0 Å². The second-order valence-electron chi connectivity index (χ2n) is 7.83. The van der Waals surface area contributed by atoms with E-state index in [0.29, 0.717) is 11.8 Å². The number of rotatable bonds is 4. The Balaban J connectivity index is 1.69. The molecule has 124 valence electrons. The predicted molar refractivity (Wildman–Crippen MR) is 102 cm³/mol. The molecule has 0 radical (unpaired) electrons. The topological polar surface area (TPSA) is 18.5 Å². The zero-order valence-electron chi connectivity index (χ0n) is 14.0. The Kier molecular flexibility index (Phi) is 3.90. The van der Waals surface area contributed by atoms with Gasteiger partial charge in [-0.3, -0.25) is 0 Å². The maximum atomic E-state index is 6.76. The lowest BCUT2D eigenvalue weighted by Crippen LogP contribution is -2.59. The molecule has 0 heterocycles. The van der Waals surface area contributed by atoms with E-state index in [1.54, 1.807) is 7.11 Å². The summed E-state index contributed by atoms with van der Waals surface area (Å²) >= 11 is 2.37. The summed E-state index contributed by atoms with van der Waals surface area (Å²) in [5, 5.41) is 0. The third-order valence-electron chi connectivity index (χ3n) is 6.57. The summed E-state index contributed by atoms with van der Waals surface area (Å²) in [5.74, 6) is 5.09. The summed E-state index contributed by atoms with van der Waals surface area (Å²) in [6.45, 7) is 6.22. The number of benzene rings is 1. The van der Waals surface area contributed by atoms with Crippen molar-refractivity contribution in [3.05, 3.63) is 27.8 Å². The third kappa shape index (κ3) is 2.50. The molecule has 4 saturated carbocycles. The highest BCUT2D eigenvalue weighted by Gasteiger charge is 2.56. The Morgan fingerprint density at radius 1 is 1.13 bits per heavy atom. The number of halogens is 1. The van der Waals surface area contributed by atoms with E-state index in [9.17, 15) is 0 Å². The zero-order valence-corrected chi connectivity index (χ0v) is 16.1. The van der Waals surface area contributed by atoms with Crippen molar-refractivity contribution in [2.75, 3.05) is 7.11 Å². The van der Waals surface area contributed by atoms with Crippen LogP contribution in [0.1, 0.15) is 44.6 Å². The molecule has 4 bridgehead atoms.